The van der Waals surface area contributed by atoms with Crippen LogP contribution in [0.3, 0.4) is 0 Å². The molecule has 1 aliphatic rings. The number of hydrogen-bond acceptors (Lipinski definition) is 3. The van der Waals surface area contributed by atoms with Crippen molar-refractivity contribution >= 4 is 23.1 Å². The third kappa shape index (κ3) is 1.50. The molecular weight excluding hydrogens is 156 g/mol. The van der Waals surface area contributed by atoms with Gasteiger partial charge in [-0.2, -0.15) is 0 Å². The van der Waals surface area contributed by atoms with E-state index in [1.54, 1.807) is 0 Å². The van der Waals surface area contributed by atoms with Crippen molar-refractivity contribution in [2.75, 3.05) is 6.54 Å². The van der Waals surface area contributed by atoms with Gasteiger partial charge in [0.05, 0.1) is 0 Å². The first-order chi connectivity index (χ1) is 4.88. The van der Waals surface area contributed by atoms with E-state index < -0.39 is 0 Å². The van der Waals surface area contributed by atoms with E-state index in [4.69, 9.17) is 4.52 Å². The molecule has 0 bridgehead atoms. The SMILES string of the molecule is [Mg+2].[O-]c1noc2c1CC[N-]C2. The average molecular weight is 162 g/mol. The van der Waals surface area contributed by atoms with Gasteiger partial charge in [-0.05, 0) is 6.42 Å². The molecule has 54 valence electrons. The van der Waals surface area contributed by atoms with Crippen LogP contribution in [-0.4, -0.2) is 34.8 Å². The molecular formula is C6H6MgN2O2. The normalized spacial score (nSPS) is 15.3. The largest absolute Gasteiger partial charge is 2.00 e. The predicted octanol–water partition coefficient (Wildman–Crippen LogP) is -0.203. The fourth-order valence-electron chi connectivity index (χ4n) is 1.07. The van der Waals surface area contributed by atoms with Gasteiger partial charge in [-0.3, -0.25) is 0 Å². The Hall–Kier alpha value is -0.264. The van der Waals surface area contributed by atoms with Crippen LogP contribution in [-0.2, 0) is 13.0 Å². The predicted molar refractivity (Wildman–Crippen MR) is 37.3 cm³/mol. The van der Waals surface area contributed by atoms with Crippen molar-refractivity contribution in [3.63, 3.8) is 0 Å². The fourth-order valence-corrected chi connectivity index (χ4v) is 1.07. The van der Waals surface area contributed by atoms with Crippen molar-refractivity contribution in [1.29, 1.82) is 0 Å². The topological polar surface area (TPSA) is 63.2 Å². The van der Waals surface area contributed by atoms with E-state index in [1.165, 1.54) is 0 Å². The van der Waals surface area contributed by atoms with Gasteiger partial charge in [-0.15, -0.1) is 6.54 Å². The van der Waals surface area contributed by atoms with Crippen LogP contribution in [0.1, 0.15) is 11.3 Å². The van der Waals surface area contributed by atoms with Crippen molar-refractivity contribution in [2.45, 2.75) is 13.0 Å². The fraction of sp³-hybridized carbons (Fsp3) is 0.500. The van der Waals surface area contributed by atoms with Crippen molar-refractivity contribution in [3.05, 3.63) is 16.6 Å². The van der Waals surface area contributed by atoms with Gasteiger partial charge in [0.15, 0.2) is 0 Å². The quantitative estimate of drug-likeness (QED) is 0.496. The van der Waals surface area contributed by atoms with Gasteiger partial charge in [-0.1, -0.05) is 11.7 Å². The van der Waals surface area contributed by atoms with E-state index in [1.807, 2.05) is 0 Å². The molecule has 1 aliphatic heterocycles. The molecule has 0 radical (unpaired) electrons. The minimum Gasteiger partial charge on any atom is -0.856 e. The van der Waals surface area contributed by atoms with Crippen LogP contribution in [0, 0.1) is 0 Å². The second-order valence-electron chi connectivity index (χ2n) is 2.24. The molecule has 5 heteroatoms. The average Bonchev–Trinajstić information content (AvgIpc) is 2.34. The van der Waals surface area contributed by atoms with E-state index in [2.05, 4.69) is 10.5 Å². The third-order valence-corrected chi connectivity index (χ3v) is 1.61. The number of rotatable bonds is 0. The molecule has 0 aromatic carbocycles. The summed E-state index contributed by atoms with van der Waals surface area (Å²) in [5.74, 6) is 0.432. The van der Waals surface area contributed by atoms with E-state index in [0.29, 0.717) is 18.7 Å². The van der Waals surface area contributed by atoms with Crippen LogP contribution >= 0.6 is 0 Å². The molecule has 4 nitrogen and oxygen atoms in total. The standard InChI is InChI=1S/C6H7N2O2.Mg/c9-6-4-1-2-7-3-5(4)10-8-6;/h1-3H2,(H,8,9);/q-1;+2/p-1. The Balaban J connectivity index is 0.000000605. The summed E-state index contributed by atoms with van der Waals surface area (Å²) in [5.41, 5.74) is 0.718. The maximum absolute atomic E-state index is 10.8. The van der Waals surface area contributed by atoms with Crippen LogP contribution < -0.4 is 5.11 Å². The first-order valence-electron chi connectivity index (χ1n) is 3.15. The van der Waals surface area contributed by atoms with Gasteiger partial charge >= 0.3 is 23.1 Å². The maximum Gasteiger partial charge on any atom is 2.00 e. The van der Waals surface area contributed by atoms with Gasteiger partial charge in [0, 0.05) is 11.4 Å². The Kier molecular flexibility index (Phi) is 2.75. The van der Waals surface area contributed by atoms with Gasteiger partial charge in [0.25, 0.3) is 0 Å². The second-order valence-corrected chi connectivity index (χ2v) is 2.24. The van der Waals surface area contributed by atoms with E-state index >= 15 is 0 Å². The monoisotopic (exact) mass is 162 g/mol. The summed E-state index contributed by atoms with van der Waals surface area (Å²) >= 11 is 0. The number of hydrogen-bond donors (Lipinski definition) is 0. The molecule has 0 N–H and O–H groups in total. The Bertz CT molecular complexity index is 249. The Labute approximate surface area is 80.1 Å². The smallest absolute Gasteiger partial charge is 0.856 e. The minimum absolute atomic E-state index is 0. The summed E-state index contributed by atoms with van der Waals surface area (Å²) in [6.45, 7) is 1.24. The molecule has 0 atom stereocenters. The zero-order chi connectivity index (χ0) is 6.97. The van der Waals surface area contributed by atoms with E-state index in [-0.39, 0.29) is 28.9 Å². The minimum atomic E-state index is -0.218. The molecule has 0 saturated carbocycles. The summed E-state index contributed by atoms with van der Waals surface area (Å²) in [5, 5.41) is 18.2. The molecule has 0 unspecified atom stereocenters. The summed E-state index contributed by atoms with van der Waals surface area (Å²) in [7, 11) is 0. The third-order valence-electron chi connectivity index (χ3n) is 1.61. The van der Waals surface area contributed by atoms with Crippen molar-refractivity contribution in [1.82, 2.24) is 5.16 Å². The Morgan fingerprint density at radius 1 is 1.55 bits per heavy atom. The van der Waals surface area contributed by atoms with E-state index in [0.717, 1.165) is 12.1 Å². The first kappa shape index (κ1) is 8.83. The van der Waals surface area contributed by atoms with Crippen LogP contribution in [0.25, 0.3) is 5.32 Å². The van der Waals surface area contributed by atoms with Gasteiger partial charge in [0.2, 0.25) is 0 Å². The van der Waals surface area contributed by atoms with Gasteiger partial charge in [0.1, 0.15) is 5.76 Å². The molecule has 2 rings (SSSR count). The summed E-state index contributed by atoms with van der Waals surface area (Å²) in [6.07, 6.45) is 0.692. The van der Waals surface area contributed by atoms with Crippen molar-refractivity contribution < 1.29 is 9.63 Å². The van der Waals surface area contributed by atoms with Crippen molar-refractivity contribution in [2.24, 2.45) is 0 Å². The summed E-state index contributed by atoms with van der Waals surface area (Å²) in [4.78, 5) is 0. The van der Waals surface area contributed by atoms with Crippen LogP contribution in [0.15, 0.2) is 4.52 Å². The van der Waals surface area contributed by atoms with E-state index in [9.17, 15) is 5.11 Å². The zero-order valence-electron chi connectivity index (χ0n) is 6.04. The molecule has 2 heterocycles. The molecule has 0 amide bonds. The Morgan fingerprint density at radius 2 is 2.36 bits per heavy atom. The number of fused-ring (bicyclic) bond motifs is 1. The molecule has 0 aliphatic carbocycles. The molecule has 0 saturated heterocycles. The van der Waals surface area contributed by atoms with Crippen molar-refractivity contribution in [3.8, 4) is 5.88 Å². The van der Waals surface area contributed by atoms with Gasteiger partial charge in [-0.25, -0.2) is 0 Å². The molecule has 1 aromatic heterocycles. The van der Waals surface area contributed by atoms with Crippen LogP contribution in [0.2, 0.25) is 0 Å². The zero-order valence-corrected chi connectivity index (χ0v) is 7.45. The molecule has 1 aromatic rings. The molecule has 0 fully saturated rings. The second kappa shape index (κ2) is 3.42. The number of nitrogens with zero attached hydrogens (tertiary/aromatic N) is 2. The molecule has 0 spiro atoms. The number of aromatic nitrogens is 1. The molecule has 11 heavy (non-hydrogen) atoms. The van der Waals surface area contributed by atoms with Crippen LogP contribution in [0.5, 0.6) is 5.88 Å². The maximum atomic E-state index is 10.8. The Morgan fingerprint density at radius 3 is 3.09 bits per heavy atom. The van der Waals surface area contributed by atoms with Crippen LogP contribution in [0.4, 0.5) is 0 Å². The van der Waals surface area contributed by atoms with Gasteiger partial charge < -0.3 is 14.9 Å². The summed E-state index contributed by atoms with van der Waals surface area (Å²) < 4.78 is 4.73. The summed E-state index contributed by atoms with van der Waals surface area (Å²) in [6, 6.07) is 0. The first-order valence-corrected chi connectivity index (χ1v) is 3.15.